The molecule has 1 aliphatic rings. The van der Waals surface area contributed by atoms with E-state index in [1.54, 1.807) is 71.8 Å². The Morgan fingerprint density at radius 1 is 1.02 bits per heavy atom. The molecule has 5 rings (SSSR count). The molecule has 0 saturated heterocycles. The summed E-state index contributed by atoms with van der Waals surface area (Å²) in [4.78, 5) is 38.4. The summed E-state index contributed by atoms with van der Waals surface area (Å²) in [5.41, 5.74) is 2.61. The second-order valence-electron chi connectivity index (χ2n) is 10.7. The molecule has 1 aliphatic carbocycles. The van der Waals surface area contributed by atoms with Gasteiger partial charge in [-0.25, -0.2) is 9.78 Å². The highest BCUT2D eigenvalue weighted by molar-refractivity contribution is 6.35. The number of nitrogens with zero attached hydrogens (tertiary/aromatic N) is 4. The smallest absolute Gasteiger partial charge is 0.335 e. The van der Waals surface area contributed by atoms with E-state index in [9.17, 15) is 14.7 Å². The summed E-state index contributed by atoms with van der Waals surface area (Å²) < 4.78 is 1.74. The second kappa shape index (κ2) is 14.4. The van der Waals surface area contributed by atoms with Crippen molar-refractivity contribution in [2.75, 3.05) is 10.6 Å². The first-order valence-corrected chi connectivity index (χ1v) is 15.1. The average Bonchev–Trinajstić information content (AvgIpc) is 3.58. The summed E-state index contributed by atoms with van der Waals surface area (Å²) in [5.74, 6) is 0.251. The van der Waals surface area contributed by atoms with Crippen LogP contribution in [0.2, 0.25) is 10.0 Å². The van der Waals surface area contributed by atoms with Crippen LogP contribution in [-0.2, 0) is 17.9 Å². The van der Waals surface area contributed by atoms with Crippen LogP contribution in [0.25, 0.3) is 5.82 Å². The zero-order valence-electron chi connectivity index (χ0n) is 24.0. The Hall–Kier alpha value is -4.41. The van der Waals surface area contributed by atoms with Gasteiger partial charge in [0.15, 0.2) is 0 Å². The molecule has 12 heteroatoms. The molecule has 2 aromatic carbocycles. The Bertz CT molecular complexity index is 1620. The number of hydrogen-bond acceptors (Lipinski definition) is 7. The van der Waals surface area contributed by atoms with Gasteiger partial charge in [-0.15, -0.1) is 0 Å². The van der Waals surface area contributed by atoms with Crippen LogP contribution in [0.3, 0.4) is 0 Å². The Morgan fingerprint density at radius 2 is 1.80 bits per heavy atom. The molecule has 1 fully saturated rings. The molecule has 0 bridgehead atoms. The van der Waals surface area contributed by atoms with Crippen molar-refractivity contribution >= 4 is 46.8 Å². The number of carboxylic acid groups (broad SMARTS) is 1. The maximum atomic E-state index is 13.7. The Balaban J connectivity index is 1.39. The van der Waals surface area contributed by atoms with E-state index in [1.807, 2.05) is 0 Å². The third-order valence-corrected chi connectivity index (χ3v) is 8.24. The van der Waals surface area contributed by atoms with Gasteiger partial charge in [0, 0.05) is 41.6 Å². The molecule has 10 nitrogen and oxygen atoms in total. The topological polar surface area (TPSA) is 134 Å². The van der Waals surface area contributed by atoms with Gasteiger partial charge in [-0.3, -0.25) is 9.36 Å². The van der Waals surface area contributed by atoms with Gasteiger partial charge in [-0.1, -0.05) is 67.2 Å². The lowest BCUT2D eigenvalue weighted by molar-refractivity contribution is -0.121. The van der Waals surface area contributed by atoms with E-state index in [-0.39, 0.29) is 23.9 Å². The zero-order chi connectivity index (χ0) is 31.1. The number of carbonyl (C=O) groups is 2. The second-order valence-corrected chi connectivity index (χ2v) is 11.5. The fourth-order valence-corrected chi connectivity index (χ4v) is 5.67. The maximum Gasteiger partial charge on any atom is 0.335 e. The number of imidazole rings is 1. The summed E-state index contributed by atoms with van der Waals surface area (Å²) in [6, 6.07) is 12.7. The van der Waals surface area contributed by atoms with E-state index in [2.05, 4.69) is 37.5 Å². The van der Waals surface area contributed by atoms with Crippen LogP contribution in [0, 0.1) is 5.92 Å². The van der Waals surface area contributed by atoms with Crippen molar-refractivity contribution in [3.05, 3.63) is 106 Å². The molecule has 1 amide bonds. The third-order valence-electron chi connectivity index (χ3n) is 7.66. The molecule has 228 valence electrons. The molecule has 4 N–H and O–H groups in total. The predicted octanol–water partition coefficient (Wildman–Crippen LogP) is 6.51. The van der Waals surface area contributed by atoms with Crippen LogP contribution in [0.15, 0.2) is 79.4 Å². The maximum absolute atomic E-state index is 13.7. The fraction of sp³-hybridized carbons (Fsp3) is 0.281. The molecule has 0 spiro atoms. The minimum absolute atomic E-state index is 0.201. The van der Waals surface area contributed by atoms with E-state index in [4.69, 9.17) is 23.2 Å². The number of amides is 1. The normalized spacial score (nSPS) is 14.0. The first kappa shape index (κ1) is 31.0. The highest BCUT2D eigenvalue weighted by Crippen LogP contribution is 2.32. The van der Waals surface area contributed by atoms with E-state index in [1.165, 1.54) is 6.42 Å². The van der Waals surface area contributed by atoms with Crippen LogP contribution in [-0.4, -0.2) is 42.5 Å². The van der Waals surface area contributed by atoms with Gasteiger partial charge >= 0.3 is 5.97 Å². The zero-order valence-corrected chi connectivity index (χ0v) is 25.5. The molecule has 2 heterocycles. The van der Waals surface area contributed by atoms with Gasteiger partial charge in [0.1, 0.15) is 24.0 Å². The summed E-state index contributed by atoms with van der Waals surface area (Å²) in [7, 11) is 0. The van der Waals surface area contributed by atoms with Gasteiger partial charge in [0.25, 0.3) is 0 Å². The van der Waals surface area contributed by atoms with Crippen molar-refractivity contribution in [2.45, 2.75) is 51.2 Å². The van der Waals surface area contributed by atoms with Gasteiger partial charge in [-0.05, 0) is 59.7 Å². The van der Waals surface area contributed by atoms with Gasteiger partial charge in [0.2, 0.25) is 11.9 Å². The van der Waals surface area contributed by atoms with Crippen LogP contribution in [0.1, 0.15) is 53.6 Å². The molecular formula is C32H33Cl2N7O3. The van der Waals surface area contributed by atoms with Crippen molar-refractivity contribution in [3.8, 4) is 5.82 Å². The van der Waals surface area contributed by atoms with Gasteiger partial charge < -0.3 is 21.1 Å². The first-order chi connectivity index (χ1) is 21.3. The molecule has 4 aromatic rings. The van der Waals surface area contributed by atoms with Crippen LogP contribution in [0.5, 0.6) is 0 Å². The highest BCUT2D eigenvalue weighted by Gasteiger charge is 2.29. The van der Waals surface area contributed by atoms with Crippen LogP contribution < -0.4 is 16.0 Å². The average molecular weight is 635 g/mol. The number of aromatic carboxylic acids is 1. The van der Waals surface area contributed by atoms with E-state index in [0.29, 0.717) is 34.2 Å². The lowest BCUT2D eigenvalue weighted by Gasteiger charge is -2.30. The van der Waals surface area contributed by atoms with E-state index in [0.717, 1.165) is 42.4 Å². The fourth-order valence-electron chi connectivity index (χ4n) is 5.19. The van der Waals surface area contributed by atoms with Crippen LogP contribution in [0.4, 0.5) is 11.8 Å². The van der Waals surface area contributed by atoms with Crippen LogP contribution >= 0.6 is 23.2 Å². The number of rotatable bonds is 12. The number of benzene rings is 2. The number of hydrogen-bond donors (Lipinski definition) is 4. The summed E-state index contributed by atoms with van der Waals surface area (Å²) in [6.07, 6.45) is 10.4. The SMILES string of the molecule is C=C(C1CCCCC1)[C@@H](Nc1cc(-n2ccnc2)nc(NCc2ccc(C(=O)O)cc2)n1)C(=O)NCc1ccc(Cl)cc1Cl. The molecule has 0 unspecified atom stereocenters. The minimum Gasteiger partial charge on any atom is -0.478 e. The number of anilines is 2. The van der Waals surface area contributed by atoms with Crippen molar-refractivity contribution in [3.63, 3.8) is 0 Å². The number of halogens is 2. The summed E-state index contributed by atoms with van der Waals surface area (Å²) in [5, 5.41) is 19.7. The number of aromatic nitrogens is 4. The molecule has 1 atom stereocenters. The van der Waals surface area contributed by atoms with Crippen molar-refractivity contribution in [1.29, 1.82) is 0 Å². The standard InChI is InChI=1S/C32H33Cl2N7O3/c1-20(22-5-3-2-4-6-22)29(30(42)36-18-24-11-12-25(33)15-26(24)34)38-27-16-28(41-14-13-35-19-41)40-32(39-27)37-17-21-7-9-23(10-8-21)31(43)44/h7-16,19,22,29H,1-6,17-18H2,(H,36,42)(H,43,44)(H2,37,38,39,40)/t29-/m1/s1. The number of nitrogens with one attached hydrogen (secondary N) is 3. The Kier molecular flexibility index (Phi) is 10.1. The van der Waals surface area contributed by atoms with Gasteiger partial charge in [0.05, 0.1) is 5.56 Å². The quantitative estimate of drug-likeness (QED) is 0.130. The van der Waals surface area contributed by atoms with Crippen molar-refractivity contribution in [2.24, 2.45) is 5.92 Å². The van der Waals surface area contributed by atoms with E-state index < -0.39 is 12.0 Å². The highest BCUT2D eigenvalue weighted by atomic mass is 35.5. The molecule has 2 aromatic heterocycles. The molecule has 44 heavy (non-hydrogen) atoms. The molecular weight excluding hydrogens is 601 g/mol. The largest absolute Gasteiger partial charge is 0.478 e. The third kappa shape index (κ3) is 7.94. The summed E-state index contributed by atoms with van der Waals surface area (Å²) in [6.45, 7) is 4.97. The lowest BCUT2D eigenvalue weighted by atomic mass is 9.81. The number of carboxylic acids is 1. The van der Waals surface area contributed by atoms with Gasteiger partial charge in [-0.2, -0.15) is 9.97 Å². The van der Waals surface area contributed by atoms with E-state index >= 15 is 0 Å². The monoisotopic (exact) mass is 633 g/mol. The first-order valence-electron chi connectivity index (χ1n) is 14.4. The predicted molar refractivity (Wildman–Crippen MR) is 171 cm³/mol. The minimum atomic E-state index is -0.985. The van der Waals surface area contributed by atoms with Crippen molar-refractivity contribution in [1.82, 2.24) is 24.8 Å². The number of carbonyl (C=O) groups excluding carboxylic acids is 1. The molecule has 1 saturated carbocycles. The Labute approximate surface area is 265 Å². The molecule has 0 aliphatic heterocycles. The molecule has 0 radical (unpaired) electrons. The van der Waals surface area contributed by atoms with Crippen molar-refractivity contribution < 1.29 is 14.7 Å². The Morgan fingerprint density at radius 3 is 2.48 bits per heavy atom. The lowest BCUT2D eigenvalue weighted by Crippen LogP contribution is -2.42. The summed E-state index contributed by atoms with van der Waals surface area (Å²) >= 11 is 12.4.